The predicted molar refractivity (Wildman–Crippen MR) is 472 cm³/mol. The molecule has 3 aliphatic carbocycles. The zero-order chi connectivity index (χ0) is 88.5. The van der Waals surface area contributed by atoms with E-state index in [-0.39, 0.29) is 115 Å². The second kappa shape index (κ2) is 33.5. The quantitative estimate of drug-likeness (QED) is 0.0458. The molecule has 8 aliphatic heterocycles. The topological polar surface area (TPSA) is 303 Å². The van der Waals surface area contributed by atoms with Gasteiger partial charge >= 0.3 is 24.1 Å². The summed E-state index contributed by atoms with van der Waals surface area (Å²) in [5.74, 6) is 3.08. The molecule has 25 nitrogen and oxygen atoms in total. The number of aryl methyl sites for hydroxylation is 2. The number of piperidine rings is 1. The number of ketones is 1. The van der Waals surface area contributed by atoms with Crippen LogP contribution in [0.25, 0.3) is 22.3 Å². The van der Waals surface area contributed by atoms with E-state index in [1.807, 2.05) is 57.0 Å². The van der Waals surface area contributed by atoms with E-state index in [1.54, 1.807) is 74.4 Å². The number of phenols is 1. The number of methoxy groups -OCH3 is 2. The fourth-order valence-electron chi connectivity index (χ4n) is 22.2. The number of fused-ring (bicyclic) bond motifs is 23. The molecule has 2 amide bonds. The van der Waals surface area contributed by atoms with Crippen LogP contribution in [0.4, 0.5) is 9.59 Å². The van der Waals surface area contributed by atoms with Gasteiger partial charge in [0.05, 0.1) is 50.5 Å². The van der Waals surface area contributed by atoms with Crippen LogP contribution < -0.4 is 29.6 Å². The van der Waals surface area contributed by atoms with Crippen molar-refractivity contribution in [3.63, 3.8) is 0 Å². The molecule has 125 heavy (non-hydrogen) atoms. The van der Waals surface area contributed by atoms with Gasteiger partial charge in [-0.1, -0.05) is 109 Å². The maximum Gasteiger partial charge on any atom is 0.408 e. The van der Waals surface area contributed by atoms with Crippen molar-refractivity contribution in [1.29, 1.82) is 10.5 Å². The number of amides is 2. The smallest absolute Gasteiger partial charge is 0.408 e. The number of hydrogen-bond acceptors (Lipinski definition) is 25. The number of phenolic OH excluding ortho intramolecular Hbond substituents is 1. The number of likely N-dealkylation sites (N-methyl/N-ethyl adjacent to an activating group) is 2. The number of carbonyl (C=O) groups excluding carboxylic acids is 5. The van der Waals surface area contributed by atoms with E-state index in [0.29, 0.717) is 59.0 Å². The lowest BCUT2D eigenvalue weighted by atomic mass is 9.64. The van der Waals surface area contributed by atoms with Crippen LogP contribution in [-0.2, 0) is 62.1 Å². The van der Waals surface area contributed by atoms with Crippen LogP contribution in [0.5, 0.6) is 28.7 Å². The Morgan fingerprint density at radius 2 is 0.976 bits per heavy atom. The van der Waals surface area contributed by atoms with E-state index >= 15 is 0 Å². The number of benzene rings is 7. The zero-order valence-corrected chi connectivity index (χ0v) is 75.1. The Morgan fingerprint density at radius 3 is 1.42 bits per heavy atom. The van der Waals surface area contributed by atoms with Crippen molar-refractivity contribution in [3.05, 3.63) is 215 Å². The molecule has 4 saturated heterocycles. The highest BCUT2D eigenvalue weighted by Gasteiger charge is 2.65. The van der Waals surface area contributed by atoms with Gasteiger partial charge in [0, 0.05) is 93.3 Å². The van der Waals surface area contributed by atoms with Crippen molar-refractivity contribution >= 4 is 53.4 Å². The van der Waals surface area contributed by atoms with Crippen LogP contribution in [0.15, 0.2) is 132 Å². The third kappa shape index (κ3) is 14.9. The minimum absolute atomic E-state index is 0.0293. The first-order chi connectivity index (χ1) is 59.8. The summed E-state index contributed by atoms with van der Waals surface area (Å²) in [4.78, 5) is 79.0. The largest absolute Gasteiger partial charge is 0.507 e. The van der Waals surface area contributed by atoms with Crippen LogP contribution in [0.1, 0.15) is 168 Å². The fourth-order valence-corrected chi connectivity index (χ4v) is 24.6. The lowest BCUT2D eigenvalue weighted by Gasteiger charge is -2.62. The summed E-state index contributed by atoms with van der Waals surface area (Å²) in [5.41, 5.74) is 16.8. The molecule has 18 rings (SSSR count). The van der Waals surface area contributed by atoms with E-state index in [4.69, 9.17) is 47.4 Å². The monoisotopic (exact) mass is 1730 g/mol. The average Bonchev–Trinajstić information content (AvgIpc) is 1.46. The van der Waals surface area contributed by atoms with Gasteiger partial charge in [-0.3, -0.25) is 24.4 Å². The summed E-state index contributed by atoms with van der Waals surface area (Å²) < 4.78 is 59.7. The number of nitriles is 2. The van der Waals surface area contributed by atoms with Gasteiger partial charge in [-0.15, -0.1) is 0 Å². The maximum absolute atomic E-state index is 14.5. The predicted octanol–water partition coefficient (Wildman–Crippen LogP) is 14.2. The van der Waals surface area contributed by atoms with Crippen molar-refractivity contribution in [2.24, 2.45) is 0 Å². The fraction of sp³-hybridized carbons (Fsp3) is 0.459. The molecule has 11 aliphatic rings. The molecule has 0 radical (unpaired) electrons. The number of hydrogen-bond donors (Lipinski definition) is 4. The Bertz CT molecular complexity index is 5630. The van der Waals surface area contributed by atoms with Crippen molar-refractivity contribution in [2.45, 2.75) is 210 Å². The lowest BCUT2D eigenvalue weighted by Crippen LogP contribution is -2.74. The summed E-state index contributed by atoms with van der Waals surface area (Å²) in [6.45, 7) is 21.4. The van der Waals surface area contributed by atoms with Crippen LogP contribution in [0, 0.1) is 57.3 Å². The number of thioether (sulfide) groups is 2. The summed E-state index contributed by atoms with van der Waals surface area (Å²) in [6, 6.07) is 35.9. The second-order valence-electron chi connectivity index (χ2n) is 36.6. The van der Waals surface area contributed by atoms with Crippen LogP contribution in [-0.4, -0.2) is 209 Å². The molecule has 0 aromatic heterocycles. The third-order valence-corrected chi connectivity index (χ3v) is 29.5. The van der Waals surface area contributed by atoms with Crippen molar-refractivity contribution in [3.8, 4) is 63.1 Å². The van der Waals surface area contributed by atoms with Crippen molar-refractivity contribution in [1.82, 2.24) is 30.2 Å². The molecule has 8 heterocycles. The van der Waals surface area contributed by atoms with Crippen molar-refractivity contribution in [2.75, 3.05) is 78.1 Å². The molecule has 7 aromatic rings. The van der Waals surface area contributed by atoms with E-state index < -0.39 is 89.0 Å². The molecule has 27 heteroatoms. The molecule has 0 spiro atoms. The number of ether oxygens (including phenoxy) is 10. The molecule has 4 N–H and O–H groups in total. The first-order valence-corrected chi connectivity index (χ1v) is 45.2. The number of nitrogens with zero attached hydrogens (tertiary/aromatic N) is 6. The highest BCUT2D eigenvalue weighted by molar-refractivity contribution is 7.99. The molecule has 13 atom stereocenters. The molecular weight excluding hydrogens is 1630 g/mol. The number of piperazine rings is 2. The number of aromatic hydroxyl groups is 1. The maximum atomic E-state index is 14.5. The van der Waals surface area contributed by atoms with Crippen LogP contribution >= 0.6 is 23.5 Å². The van der Waals surface area contributed by atoms with Gasteiger partial charge in [0.2, 0.25) is 13.6 Å². The zero-order valence-electron chi connectivity index (χ0n) is 73.5. The van der Waals surface area contributed by atoms with E-state index in [0.717, 1.165) is 50.4 Å². The van der Waals surface area contributed by atoms with Crippen molar-refractivity contribution < 1.29 is 81.6 Å². The highest BCUT2D eigenvalue weighted by atomic mass is 32.2. The number of nitrogens with one attached hydrogen (secondary N) is 2. The van der Waals surface area contributed by atoms with E-state index in [2.05, 4.69) is 143 Å². The minimum atomic E-state index is -2.07. The average molecular weight is 1730 g/mol. The van der Waals surface area contributed by atoms with Gasteiger partial charge in [-0.2, -0.15) is 34.0 Å². The SMILES string of the molecule is COc1c(C)cc2c(c1C)[C@@H]1C3CC4(O)C(=O)C(C)=C5OCOC5=C4[C@H](COC(=O)[C@H](CSCC4c5ccccc5-c5ccccc54)NC(=O)OC(C)(C)C)N3[C@@H](C#N)[C@H](C2)N1C.COc1c(C)cc2c(c1C)[C@@H]1C3Cc4c(O)c(C)c5c(c4[C@H](COC(=O)[C@H](CSCC4c6ccccc6-c6ccccc64)NC(=O)OC(C)(C)C)N3[C@@H](C#N)[C@H](C2)N1C)OCO5. The van der Waals surface area contributed by atoms with E-state index in [1.165, 1.54) is 61.8 Å². The van der Waals surface area contributed by atoms with Gasteiger partial charge in [0.25, 0.3) is 0 Å². The summed E-state index contributed by atoms with van der Waals surface area (Å²) in [6.07, 6.45) is 0.0705. The number of alkyl carbamates (subject to hydrolysis) is 2. The van der Waals surface area contributed by atoms with Crippen LogP contribution in [0.3, 0.4) is 0 Å². The molecule has 654 valence electrons. The van der Waals surface area contributed by atoms with Gasteiger partial charge in [0.1, 0.15) is 65.8 Å². The molecule has 0 saturated carbocycles. The standard InChI is InChI=1S/C49H54N4O9S.C49H54N4O8S/c1-25-17-28-18-35-37(20-50)53-36(41(52(35)7)39(28)26(2)42(25)58-8)19-49(57)40(44-43(60-24-61-44)27(3)45(49)54)38(53)21-59-46(55)34(51-47(56)62-48(4,5)6)23-63-22-33-31-15-11-9-13-29(31)30-14-10-12-16-32(30)33;1-25-17-28-18-36-38(20-50)53-37(42(52(36)7)40(28)26(2)44(25)57-8)19-33-41(46-45(59-24-60-46)27(3)43(33)54)39(53)21-58-47(55)35(51-48(56)61-49(4,5)6)23-62-22-34-31-15-11-9-13-29(31)30-14-10-12-16-32(30)34/h9-17,33-38,41,57H,18-19,21-24H2,1-8H3,(H,51,56);9-17,34-39,42,54H,18-19,21-24H2,1-8H3,(H,51,56)/t34-,35-,36?,37-,38-,41-,49?;35-,36-,37?,38-,39-,42-/m00/s1. The molecular formula is C98H108N8O17S2. The summed E-state index contributed by atoms with van der Waals surface area (Å²) >= 11 is 3.09. The summed E-state index contributed by atoms with van der Waals surface area (Å²) in [5, 5.41) is 52.7. The normalized spacial score (nSPS) is 24.6. The molecule has 4 bridgehead atoms. The number of rotatable bonds is 18. The Morgan fingerprint density at radius 1 is 0.560 bits per heavy atom. The minimum Gasteiger partial charge on any atom is -0.507 e. The first kappa shape index (κ1) is 86.4. The number of aliphatic hydroxyl groups is 1. The number of esters is 2. The second-order valence-corrected chi connectivity index (χ2v) is 38.8. The van der Waals surface area contributed by atoms with Gasteiger partial charge < -0.3 is 68.2 Å². The Balaban J connectivity index is 0.000000177. The molecule has 4 fully saturated rings. The molecule has 7 aromatic carbocycles. The number of carbonyl (C=O) groups is 5. The van der Waals surface area contributed by atoms with Crippen LogP contribution in [0.2, 0.25) is 0 Å². The van der Waals surface area contributed by atoms with E-state index in [9.17, 15) is 44.7 Å². The Kier molecular flexibility index (Phi) is 23.2. The van der Waals surface area contributed by atoms with Gasteiger partial charge in [-0.25, -0.2) is 19.2 Å². The van der Waals surface area contributed by atoms with Gasteiger partial charge in [0.15, 0.2) is 34.4 Å². The summed E-state index contributed by atoms with van der Waals surface area (Å²) in [7, 11) is 7.41. The Hall–Kier alpha value is -10.8. The first-order valence-electron chi connectivity index (χ1n) is 42.9. The number of Topliss-reactive ketones (excluding diaryl/α,β-unsaturated/α-hetero) is 1. The van der Waals surface area contributed by atoms with Gasteiger partial charge in [-0.05, 0) is 205 Å². The third-order valence-electron chi connectivity index (χ3n) is 27.2. The Labute approximate surface area is 737 Å². The molecule has 3 unspecified atom stereocenters. The lowest BCUT2D eigenvalue weighted by molar-refractivity contribution is -0.159. The highest BCUT2D eigenvalue weighted by Crippen LogP contribution is 2.60.